The number of aliphatic hydroxyl groups excluding tert-OH is 1. The van der Waals surface area contributed by atoms with Gasteiger partial charge < -0.3 is 14.6 Å². The number of unbranched alkanes of at least 4 members (excludes halogenated alkanes) is 2. The zero-order chi connectivity index (χ0) is 35.4. The SMILES string of the molecule is C=C(C)C=O.C=C(CO)C(=O)OCC(COC)CC1CCC(C2CCC(CCc3ccc(-c4ccc(CCCCC)cc4)cc3)CC2)CC1. The predicted octanol–water partition coefficient (Wildman–Crippen LogP) is 10.1. The third-order valence-electron chi connectivity index (χ3n) is 10.8. The van der Waals surface area contributed by atoms with Gasteiger partial charge in [-0.1, -0.05) is 107 Å². The number of hydrogen-bond acceptors (Lipinski definition) is 5. The second kappa shape index (κ2) is 22.6. The minimum atomic E-state index is -0.500. The second-order valence-corrected chi connectivity index (χ2v) is 14.8. The number of aryl methyl sites for hydroxylation is 2. The molecule has 2 aromatic carbocycles. The summed E-state index contributed by atoms with van der Waals surface area (Å²) in [6.07, 6.45) is 20.2. The molecule has 0 saturated heterocycles. The normalized spacial score (nSPS) is 21.1. The molecule has 0 spiro atoms. The Morgan fingerprint density at radius 3 is 1.80 bits per heavy atom. The third-order valence-corrected chi connectivity index (χ3v) is 10.8. The molecule has 0 bridgehead atoms. The van der Waals surface area contributed by atoms with Crippen molar-refractivity contribution in [3.05, 3.63) is 84.0 Å². The van der Waals surface area contributed by atoms with E-state index in [1.54, 1.807) is 14.0 Å². The number of esters is 1. The highest BCUT2D eigenvalue weighted by Crippen LogP contribution is 2.43. The summed E-state index contributed by atoms with van der Waals surface area (Å²) in [4.78, 5) is 21.3. The summed E-state index contributed by atoms with van der Waals surface area (Å²) in [6.45, 7) is 11.4. The number of methoxy groups -OCH3 is 1. The topological polar surface area (TPSA) is 72.8 Å². The average Bonchev–Trinajstić information content (AvgIpc) is 3.14. The summed E-state index contributed by atoms with van der Waals surface area (Å²) >= 11 is 0. The van der Waals surface area contributed by atoms with Crippen molar-refractivity contribution in [3.63, 3.8) is 0 Å². The number of ether oxygens (including phenoxy) is 2. The van der Waals surface area contributed by atoms with Crippen LogP contribution in [0.25, 0.3) is 11.1 Å². The largest absolute Gasteiger partial charge is 0.462 e. The quantitative estimate of drug-likeness (QED) is 0.0739. The molecule has 5 nitrogen and oxygen atoms in total. The minimum Gasteiger partial charge on any atom is -0.462 e. The maximum absolute atomic E-state index is 11.9. The standard InChI is InChI=1S/C40H58O4.C4H6O/c1-4-5-6-7-31-10-18-36(19-11-31)37-20-12-32(13-21-37)8-9-33-14-22-38(23-15-33)39-24-16-34(17-25-39)26-35(28-43-3)29-44-40(42)30(2)27-41;1-4(2)3-5/h10-13,18-21,33-35,38-39,41H,2,4-9,14-17,22-29H2,1,3H3;3H,1H2,2H3. The van der Waals surface area contributed by atoms with Gasteiger partial charge in [-0.05, 0) is 116 Å². The maximum atomic E-state index is 11.9. The molecule has 1 unspecified atom stereocenters. The third kappa shape index (κ3) is 14.8. The van der Waals surface area contributed by atoms with Gasteiger partial charge in [0.1, 0.15) is 6.29 Å². The molecule has 0 amide bonds. The molecular weight excluding hydrogens is 608 g/mol. The monoisotopic (exact) mass is 672 g/mol. The molecule has 2 aliphatic rings. The second-order valence-electron chi connectivity index (χ2n) is 14.8. The molecule has 1 atom stereocenters. The van der Waals surface area contributed by atoms with Crippen molar-refractivity contribution in [2.24, 2.45) is 29.6 Å². The van der Waals surface area contributed by atoms with Crippen LogP contribution in [0, 0.1) is 29.6 Å². The molecule has 0 radical (unpaired) electrons. The molecular formula is C44H64O5. The summed E-state index contributed by atoms with van der Waals surface area (Å²) in [5, 5.41) is 9.10. The van der Waals surface area contributed by atoms with Crippen molar-refractivity contribution in [1.82, 2.24) is 0 Å². The van der Waals surface area contributed by atoms with E-state index < -0.39 is 5.97 Å². The van der Waals surface area contributed by atoms with E-state index in [4.69, 9.17) is 14.6 Å². The fraction of sp³-hybridized carbons (Fsp3) is 0.591. The number of aldehydes is 1. The summed E-state index contributed by atoms with van der Waals surface area (Å²) in [7, 11) is 1.71. The number of carbonyl (C=O) groups is 2. The van der Waals surface area contributed by atoms with Crippen molar-refractivity contribution in [2.75, 3.05) is 26.9 Å². The van der Waals surface area contributed by atoms with Gasteiger partial charge in [0.15, 0.2) is 0 Å². The van der Waals surface area contributed by atoms with Crippen molar-refractivity contribution in [2.45, 2.75) is 110 Å². The van der Waals surface area contributed by atoms with Crippen LogP contribution in [0.1, 0.15) is 108 Å². The van der Waals surface area contributed by atoms with E-state index in [0.29, 0.717) is 24.7 Å². The van der Waals surface area contributed by atoms with Gasteiger partial charge in [-0.2, -0.15) is 0 Å². The van der Waals surface area contributed by atoms with Crippen LogP contribution in [-0.2, 0) is 31.9 Å². The van der Waals surface area contributed by atoms with Crippen molar-refractivity contribution in [1.29, 1.82) is 0 Å². The highest BCUT2D eigenvalue weighted by molar-refractivity contribution is 5.87. The lowest BCUT2D eigenvalue weighted by Crippen LogP contribution is -2.28. The Hall–Kier alpha value is -3.02. The minimum absolute atomic E-state index is 0.111. The number of hydrogen-bond donors (Lipinski definition) is 1. The zero-order valence-corrected chi connectivity index (χ0v) is 30.8. The number of carbonyl (C=O) groups excluding carboxylic acids is 2. The van der Waals surface area contributed by atoms with Crippen LogP contribution in [0.2, 0.25) is 0 Å². The summed E-state index contributed by atoms with van der Waals surface area (Å²) in [5.41, 5.74) is 6.27. The Bertz CT molecular complexity index is 1250. The first-order chi connectivity index (χ1) is 23.8. The first kappa shape index (κ1) is 40.4. The van der Waals surface area contributed by atoms with Crippen molar-refractivity contribution >= 4 is 12.3 Å². The van der Waals surface area contributed by atoms with Gasteiger partial charge in [0.2, 0.25) is 0 Å². The van der Waals surface area contributed by atoms with Gasteiger partial charge in [-0.3, -0.25) is 4.79 Å². The smallest absolute Gasteiger partial charge is 0.335 e. The molecule has 270 valence electrons. The van der Waals surface area contributed by atoms with Gasteiger partial charge >= 0.3 is 5.97 Å². The van der Waals surface area contributed by atoms with Gasteiger partial charge in [-0.15, -0.1) is 0 Å². The maximum Gasteiger partial charge on any atom is 0.335 e. The highest BCUT2D eigenvalue weighted by Gasteiger charge is 2.31. The lowest BCUT2D eigenvalue weighted by Gasteiger charge is -2.38. The van der Waals surface area contributed by atoms with Crippen LogP contribution >= 0.6 is 0 Å². The Balaban J connectivity index is 0.00000121. The van der Waals surface area contributed by atoms with Crippen LogP contribution < -0.4 is 0 Å². The molecule has 0 aromatic heterocycles. The molecule has 1 N–H and O–H groups in total. The lowest BCUT2D eigenvalue weighted by molar-refractivity contribution is -0.141. The predicted molar refractivity (Wildman–Crippen MR) is 202 cm³/mol. The zero-order valence-electron chi connectivity index (χ0n) is 30.8. The Morgan fingerprint density at radius 1 is 0.816 bits per heavy atom. The lowest BCUT2D eigenvalue weighted by atomic mass is 9.68. The molecule has 0 heterocycles. The van der Waals surface area contributed by atoms with Gasteiger partial charge in [0.05, 0.1) is 25.4 Å². The van der Waals surface area contributed by atoms with E-state index in [1.165, 1.54) is 112 Å². The molecule has 2 aliphatic carbocycles. The summed E-state index contributed by atoms with van der Waals surface area (Å²) in [6, 6.07) is 18.5. The van der Waals surface area contributed by atoms with E-state index in [9.17, 15) is 9.59 Å². The van der Waals surface area contributed by atoms with Gasteiger partial charge in [0.25, 0.3) is 0 Å². The number of allylic oxidation sites excluding steroid dienone is 1. The van der Waals surface area contributed by atoms with Gasteiger partial charge in [0, 0.05) is 13.0 Å². The number of aliphatic hydroxyl groups is 1. The average molecular weight is 673 g/mol. The van der Waals surface area contributed by atoms with Crippen LogP contribution in [0.3, 0.4) is 0 Å². The molecule has 2 aromatic rings. The Labute approximate surface area is 297 Å². The van der Waals surface area contributed by atoms with E-state index in [2.05, 4.69) is 68.6 Å². The molecule has 0 aliphatic heterocycles. The molecule has 2 fully saturated rings. The number of benzene rings is 2. The summed E-state index contributed by atoms with van der Waals surface area (Å²) in [5.74, 6) is 3.06. The fourth-order valence-electron chi connectivity index (χ4n) is 7.77. The van der Waals surface area contributed by atoms with E-state index >= 15 is 0 Å². The highest BCUT2D eigenvalue weighted by atomic mass is 16.5. The van der Waals surface area contributed by atoms with Crippen molar-refractivity contribution in [3.8, 4) is 11.1 Å². The molecule has 4 rings (SSSR count). The molecule has 49 heavy (non-hydrogen) atoms. The van der Waals surface area contributed by atoms with Crippen molar-refractivity contribution < 1.29 is 24.2 Å². The first-order valence-electron chi connectivity index (χ1n) is 19.0. The Kier molecular flexibility index (Phi) is 18.7. The van der Waals surface area contributed by atoms with Crippen LogP contribution in [0.4, 0.5) is 0 Å². The van der Waals surface area contributed by atoms with E-state index in [0.717, 1.165) is 30.5 Å². The first-order valence-corrected chi connectivity index (χ1v) is 19.0. The van der Waals surface area contributed by atoms with Crippen LogP contribution in [0.5, 0.6) is 0 Å². The van der Waals surface area contributed by atoms with E-state index in [-0.39, 0.29) is 18.1 Å². The van der Waals surface area contributed by atoms with Crippen LogP contribution in [-0.4, -0.2) is 44.3 Å². The fourth-order valence-corrected chi connectivity index (χ4v) is 7.77. The summed E-state index contributed by atoms with van der Waals surface area (Å²) < 4.78 is 10.8. The molecule has 5 heteroatoms. The van der Waals surface area contributed by atoms with Crippen LogP contribution in [0.15, 0.2) is 72.8 Å². The molecule has 2 saturated carbocycles. The van der Waals surface area contributed by atoms with E-state index in [1.807, 2.05) is 0 Å². The Morgan fingerprint density at radius 2 is 1.33 bits per heavy atom. The number of rotatable bonds is 18. The van der Waals surface area contributed by atoms with Gasteiger partial charge in [-0.25, -0.2) is 4.79 Å².